The molecule has 0 heterocycles. The van der Waals surface area contributed by atoms with Gasteiger partial charge in [0.15, 0.2) is 5.75 Å². The van der Waals surface area contributed by atoms with Gasteiger partial charge < -0.3 is 15.6 Å². The fourth-order valence-corrected chi connectivity index (χ4v) is 1.43. The number of nitrogens with zero attached hydrogens (tertiary/aromatic N) is 1. The number of hydrogen-bond donors (Lipinski definition) is 2. The van der Waals surface area contributed by atoms with Gasteiger partial charge >= 0.3 is 11.7 Å². The van der Waals surface area contributed by atoms with Crippen LogP contribution in [0.1, 0.15) is 12.5 Å². The van der Waals surface area contributed by atoms with Crippen LogP contribution in [0.2, 0.25) is 0 Å². The van der Waals surface area contributed by atoms with Crippen LogP contribution >= 0.6 is 0 Å². The van der Waals surface area contributed by atoms with Gasteiger partial charge in [-0.25, -0.2) is 0 Å². The van der Waals surface area contributed by atoms with Crippen molar-refractivity contribution < 1.29 is 19.6 Å². The second kappa shape index (κ2) is 5.97. The predicted octanol–water partition coefficient (Wildman–Crippen LogP) is 0.733. The molecular formula is C11H14N2O5. The van der Waals surface area contributed by atoms with Crippen LogP contribution in [0.15, 0.2) is 18.2 Å². The number of hydrogen-bond acceptors (Lipinski definition) is 6. The van der Waals surface area contributed by atoms with Crippen LogP contribution in [0.4, 0.5) is 5.69 Å². The van der Waals surface area contributed by atoms with Gasteiger partial charge in [-0.3, -0.25) is 14.9 Å². The molecule has 7 nitrogen and oxygen atoms in total. The minimum atomic E-state index is -0.880. The maximum atomic E-state index is 11.3. The first-order valence-corrected chi connectivity index (χ1v) is 5.34. The summed E-state index contributed by atoms with van der Waals surface area (Å²) in [5, 5.41) is 19.9. The number of benzene rings is 1. The van der Waals surface area contributed by atoms with Gasteiger partial charge in [0.25, 0.3) is 0 Å². The number of nitro groups is 1. The zero-order valence-electron chi connectivity index (χ0n) is 9.83. The molecule has 0 saturated heterocycles. The predicted molar refractivity (Wildman–Crippen MR) is 63.1 cm³/mol. The molecule has 0 aliphatic rings. The van der Waals surface area contributed by atoms with Crippen molar-refractivity contribution >= 4 is 11.7 Å². The quantitative estimate of drug-likeness (QED) is 0.454. The third kappa shape index (κ3) is 3.42. The number of phenols is 1. The zero-order valence-corrected chi connectivity index (χ0v) is 9.83. The fraction of sp³-hybridized carbons (Fsp3) is 0.364. The van der Waals surface area contributed by atoms with Crippen molar-refractivity contribution in [3.8, 4) is 5.75 Å². The van der Waals surface area contributed by atoms with E-state index in [1.165, 1.54) is 18.2 Å². The highest BCUT2D eigenvalue weighted by Gasteiger charge is 2.18. The summed E-state index contributed by atoms with van der Waals surface area (Å²) in [5.41, 5.74) is 5.67. The van der Waals surface area contributed by atoms with Crippen LogP contribution in [-0.4, -0.2) is 28.6 Å². The third-order valence-electron chi connectivity index (χ3n) is 2.28. The minimum Gasteiger partial charge on any atom is -0.502 e. The van der Waals surface area contributed by atoms with Gasteiger partial charge in [0.2, 0.25) is 0 Å². The molecule has 0 aromatic heterocycles. The lowest BCUT2D eigenvalue weighted by Gasteiger charge is -2.10. The van der Waals surface area contributed by atoms with Gasteiger partial charge in [0, 0.05) is 6.07 Å². The summed E-state index contributed by atoms with van der Waals surface area (Å²) in [6, 6.07) is 2.98. The molecule has 1 rings (SSSR count). The van der Waals surface area contributed by atoms with Gasteiger partial charge in [-0.1, -0.05) is 6.07 Å². The molecule has 0 amide bonds. The Morgan fingerprint density at radius 3 is 2.83 bits per heavy atom. The molecular weight excluding hydrogens is 240 g/mol. The van der Waals surface area contributed by atoms with Crippen molar-refractivity contribution in [2.45, 2.75) is 19.4 Å². The number of nitro benzene ring substituents is 1. The Kier molecular flexibility index (Phi) is 4.61. The van der Waals surface area contributed by atoms with Gasteiger partial charge in [0.1, 0.15) is 6.04 Å². The molecule has 98 valence electrons. The number of nitrogens with two attached hydrogens (primary N) is 1. The first kappa shape index (κ1) is 13.9. The molecule has 0 aliphatic carbocycles. The van der Waals surface area contributed by atoms with Crippen LogP contribution in [-0.2, 0) is 16.0 Å². The topological polar surface area (TPSA) is 116 Å². The SMILES string of the molecule is CCOC(=O)C(N)Cc1ccc(O)c([N+](=O)[O-])c1. The standard InChI is InChI=1S/C11H14N2O5/c1-2-18-11(15)8(12)5-7-3-4-10(14)9(6-7)13(16)17/h3-4,6,8,14H,2,5,12H2,1H3. The van der Waals surface area contributed by atoms with Crippen molar-refractivity contribution in [3.63, 3.8) is 0 Å². The average Bonchev–Trinajstić information content (AvgIpc) is 2.31. The summed E-state index contributed by atoms with van der Waals surface area (Å²) in [6.07, 6.45) is 0.111. The molecule has 0 fully saturated rings. The number of phenolic OH excluding ortho intramolecular Hbond substituents is 1. The van der Waals surface area contributed by atoms with Crippen molar-refractivity contribution in [1.29, 1.82) is 0 Å². The van der Waals surface area contributed by atoms with Crippen LogP contribution in [0.3, 0.4) is 0 Å². The maximum Gasteiger partial charge on any atom is 0.323 e. The van der Waals surface area contributed by atoms with Crippen LogP contribution in [0, 0.1) is 10.1 Å². The highest BCUT2D eigenvalue weighted by atomic mass is 16.6. The lowest BCUT2D eigenvalue weighted by molar-refractivity contribution is -0.385. The highest BCUT2D eigenvalue weighted by Crippen LogP contribution is 2.26. The molecule has 0 bridgehead atoms. The van der Waals surface area contributed by atoms with E-state index in [9.17, 15) is 20.0 Å². The van der Waals surface area contributed by atoms with Crippen molar-refractivity contribution in [3.05, 3.63) is 33.9 Å². The van der Waals surface area contributed by atoms with E-state index in [-0.39, 0.29) is 13.0 Å². The normalized spacial score (nSPS) is 11.9. The maximum absolute atomic E-state index is 11.3. The number of carbonyl (C=O) groups excluding carboxylic acids is 1. The average molecular weight is 254 g/mol. The molecule has 1 unspecified atom stereocenters. The summed E-state index contributed by atoms with van der Waals surface area (Å²) >= 11 is 0. The molecule has 0 aliphatic heterocycles. The molecule has 18 heavy (non-hydrogen) atoms. The van der Waals surface area contributed by atoms with Crippen molar-refractivity contribution in [1.82, 2.24) is 0 Å². The summed E-state index contributed by atoms with van der Waals surface area (Å²) in [6.45, 7) is 1.89. The monoisotopic (exact) mass is 254 g/mol. The molecule has 1 aromatic carbocycles. The second-order valence-corrected chi connectivity index (χ2v) is 3.64. The van der Waals surface area contributed by atoms with E-state index in [2.05, 4.69) is 0 Å². The van der Waals surface area contributed by atoms with Gasteiger partial charge in [-0.05, 0) is 25.0 Å². The van der Waals surface area contributed by atoms with Gasteiger partial charge in [-0.15, -0.1) is 0 Å². The zero-order chi connectivity index (χ0) is 13.7. The Morgan fingerprint density at radius 2 is 2.28 bits per heavy atom. The summed E-state index contributed by atoms with van der Waals surface area (Å²) in [7, 11) is 0. The van der Waals surface area contributed by atoms with E-state index < -0.39 is 28.4 Å². The van der Waals surface area contributed by atoms with E-state index in [0.29, 0.717) is 5.56 Å². The van der Waals surface area contributed by atoms with E-state index in [0.717, 1.165) is 0 Å². The number of carbonyl (C=O) groups is 1. The highest BCUT2D eigenvalue weighted by molar-refractivity contribution is 5.75. The van der Waals surface area contributed by atoms with Crippen molar-refractivity contribution in [2.24, 2.45) is 5.73 Å². The van der Waals surface area contributed by atoms with Crippen LogP contribution < -0.4 is 5.73 Å². The molecule has 1 aromatic rings. The number of rotatable bonds is 5. The Hall–Kier alpha value is -2.15. The lowest BCUT2D eigenvalue weighted by Crippen LogP contribution is -2.34. The third-order valence-corrected chi connectivity index (χ3v) is 2.28. The van der Waals surface area contributed by atoms with E-state index >= 15 is 0 Å². The largest absolute Gasteiger partial charge is 0.502 e. The summed E-state index contributed by atoms with van der Waals surface area (Å²) in [4.78, 5) is 21.2. The molecule has 1 atom stereocenters. The Labute approximate surface area is 103 Å². The van der Waals surface area contributed by atoms with Gasteiger partial charge in [0.05, 0.1) is 11.5 Å². The summed E-state index contributed by atoms with van der Waals surface area (Å²) < 4.78 is 4.73. The number of aromatic hydroxyl groups is 1. The molecule has 0 radical (unpaired) electrons. The number of esters is 1. The van der Waals surface area contributed by atoms with E-state index in [1.807, 2.05) is 0 Å². The fourth-order valence-electron chi connectivity index (χ4n) is 1.43. The Balaban J connectivity index is 2.82. The van der Waals surface area contributed by atoms with Crippen LogP contribution in [0.25, 0.3) is 0 Å². The number of ether oxygens (including phenoxy) is 1. The Morgan fingerprint density at radius 1 is 1.61 bits per heavy atom. The second-order valence-electron chi connectivity index (χ2n) is 3.64. The molecule has 7 heteroatoms. The lowest BCUT2D eigenvalue weighted by atomic mass is 10.1. The molecule has 0 saturated carbocycles. The van der Waals surface area contributed by atoms with E-state index in [1.54, 1.807) is 6.92 Å². The summed E-state index contributed by atoms with van der Waals surface area (Å²) in [5.74, 6) is -0.985. The molecule has 3 N–H and O–H groups in total. The van der Waals surface area contributed by atoms with E-state index in [4.69, 9.17) is 10.5 Å². The first-order chi connectivity index (χ1) is 8.45. The van der Waals surface area contributed by atoms with Gasteiger partial charge in [-0.2, -0.15) is 0 Å². The van der Waals surface area contributed by atoms with Crippen LogP contribution in [0.5, 0.6) is 5.75 Å². The Bertz CT molecular complexity index is 461. The first-order valence-electron chi connectivity index (χ1n) is 5.34. The minimum absolute atomic E-state index is 0.111. The molecule has 0 spiro atoms. The smallest absolute Gasteiger partial charge is 0.323 e. The van der Waals surface area contributed by atoms with Crippen molar-refractivity contribution in [2.75, 3.05) is 6.61 Å².